The number of H-pyrrole nitrogens is 1. The van der Waals surface area contributed by atoms with E-state index in [2.05, 4.69) is 65.5 Å². The maximum atomic E-state index is 3.66. The summed E-state index contributed by atoms with van der Waals surface area (Å²) in [6.45, 7) is 2.24. The van der Waals surface area contributed by atoms with Crippen LogP contribution in [0.1, 0.15) is 22.4 Å². The lowest BCUT2D eigenvalue weighted by Gasteiger charge is -2.20. The van der Waals surface area contributed by atoms with E-state index in [-0.39, 0.29) is 0 Å². The van der Waals surface area contributed by atoms with Crippen molar-refractivity contribution in [2.45, 2.75) is 19.3 Å². The molecule has 0 amide bonds. The lowest BCUT2D eigenvalue weighted by Crippen LogP contribution is -2.25. The van der Waals surface area contributed by atoms with Gasteiger partial charge in [0.2, 0.25) is 0 Å². The van der Waals surface area contributed by atoms with Crippen LogP contribution in [0.2, 0.25) is 0 Å². The summed E-state index contributed by atoms with van der Waals surface area (Å²) in [5.74, 6) is 0. The first kappa shape index (κ1) is 13.6. The highest BCUT2D eigenvalue weighted by molar-refractivity contribution is 5.85. The number of benzene rings is 2. The number of para-hydroxylation sites is 1. The molecule has 0 saturated carbocycles. The Bertz CT molecular complexity index is 800. The van der Waals surface area contributed by atoms with Crippen molar-refractivity contribution in [3.05, 3.63) is 70.9 Å². The molecule has 4 rings (SSSR count). The van der Waals surface area contributed by atoms with E-state index < -0.39 is 0 Å². The van der Waals surface area contributed by atoms with Crippen LogP contribution in [0.15, 0.2) is 48.5 Å². The van der Waals surface area contributed by atoms with Crippen LogP contribution in [-0.4, -0.2) is 30.0 Å². The van der Waals surface area contributed by atoms with Gasteiger partial charge in [-0.05, 0) is 36.2 Å². The van der Waals surface area contributed by atoms with Gasteiger partial charge in [0.25, 0.3) is 0 Å². The van der Waals surface area contributed by atoms with Crippen LogP contribution < -0.4 is 0 Å². The Hall–Kier alpha value is -2.06. The van der Waals surface area contributed by atoms with Crippen molar-refractivity contribution in [1.82, 2.24) is 9.88 Å². The molecular formula is C20H22N2. The third-order valence-corrected chi connectivity index (χ3v) is 4.89. The number of nitrogens with one attached hydrogen (secondary N) is 1. The Morgan fingerprint density at radius 3 is 2.50 bits per heavy atom. The molecule has 2 heteroatoms. The van der Waals surface area contributed by atoms with E-state index in [9.17, 15) is 0 Å². The first-order valence-corrected chi connectivity index (χ1v) is 8.15. The molecule has 22 heavy (non-hydrogen) atoms. The van der Waals surface area contributed by atoms with Gasteiger partial charge in [-0.1, -0.05) is 42.5 Å². The third kappa shape index (κ3) is 2.44. The van der Waals surface area contributed by atoms with E-state index in [1.54, 1.807) is 0 Å². The number of aromatic nitrogens is 1. The monoisotopic (exact) mass is 290 g/mol. The Morgan fingerprint density at radius 1 is 0.864 bits per heavy atom. The SMILES string of the molecule is CN1CCc2ccccc2Cc2c([nH]c3ccccc23)CC1. The topological polar surface area (TPSA) is 19.0 Å². The molecule has 2 aromatic carbocycles. The Morgan fingerprint density at radius 2 is 1.59 bits per heavy atom. The van der Waals surface area contributed by atoms with Crippen molar-refractivity contribution in [3.63, 3.8) is 0 Å². The molecule has 0 spiro atoms. The van der Waals surface area contributed by atoms with Gasteiger partial charge in [0, 0.05) is 42.5 Å². The van der Waals surface area contributed by atoms with Crippen LogP contribution in [0.3, 0.4) is 0 Å². The zero-order valence-electron chi connectivity index (χ0n) is 13.1. The summed E-state index contributed by atoms with van der Waals surface area (Å²) in [5, 5.41) is 1.38. The van der Waals surface area contributed by atoms with Crippen molar-refractivity contribution in [3.8, 4) is 0 Å². The van der Waals surface area contributed by atoms with Gasteiger partial charge in [0.15, 0.2) is 0 Å². The fourth-order valence-corrected chi connectivity index (χ4v) is 3.56. The summed E-state index contributed by atoms with van der Waals surface area (Å²) >= 11 is 0. The number of hydrogen-bond acceptors (Lipinski definition) is 1. The molecule has 0 saturated heterocycles. The maximum absolute atomic E-state index is 3.66. The summed E-state index contributed by atoms with van der Waals surface area (Å²) < 4.78 is 0. The highest BCUT2D eigenvalue weighted by atomic mass is 15.1. The summed E-state index contributed by atoms with van der Waals surface area (Å²) in [6, 6.07) is 17.6. The van der Waals surface area contributed by atoms with E-state index in [1.165, 1.54) is 33.3 Å². The van der Waals surface area contributed by atoms with Crippen LogP contribution >= 0.6 is 0 Å². The highest BCUT2D eigenvalue weighted by Gasteiger charge is 2.15. The fourth-order valence-electron chi connectivity index (χ4n) is 3.56. The molecule has 1 aliphatic heterocycles. The van der Waals surface area contributed by atoms with Crippen molar-refractivity contribution < 1.29 is 0 Å². The molecule has 0 aliphatic carbocycles. The predicted molar refractivity (Wildman–Crippen MR) is 92.5 cm³/mol. The van der Waals surface area contributed by atoms with E-state index in [1.807, 2.05) is 0 Å². The van der Waals surface area contributed by atoms with Gasteiger partial charge >= 0.3 is 0 Å². The van der Waals surface area contributed by atoms with Gasteiger partial charge in [0.05, 0.1) is 0 Å². The normalized spacial score (nSPS) is 16.2. The zero-order valence-corrected chi connectivity index (χ0v) is 13.1. The Kier molecular flexibility index (Phi) is 3.47. The number of nitrogens with zero attached hydrogens (tertiary/aromatic N) is 1. The average molecular weight is 290 g/mol. The second-order valence-corrected chi connectivity index (χ2v) is 6.38. The summed E-state index contributed by atoms with van der Waals surface area (Å²) in [4.78, 5) is 6.10. The smallest absolute Gasteiger partial charge is 0.0459 e. The minimum absolute atomic E-state index is 1.04. The van der Waals surface area contributed by atoms with E-state index in [4.69, 9.17) is 0 Å². The number of likely N-dealkylation sites (N-methyl/N-ethyl adjacent to an activating group) is 1. The van der Waals surface area contributed by atoms with Gasteiger partial charge in [0.1, 0.15) is 0 Å². The van der Waals surface area contributed by atoms with Gasteiger partial charge in [-0.15, -0.1) is 0 Å². The lowest BCUT2D eigenvalue weighted by molar-refractivity contribution is 0.340. The maximum Gasteiger partial charge on any atom is 0.0459 e. The van der Waals surface area contributed by atoms with Crippen LogP contribution in [0.25, 0.3) is 10.9 Å². The molecule has 3 aromatic rings. The highest BCUT2D eigenvalue weighted by Crippen LogP contribution is 2.27. The molecule has 2 nitrogen and oxygen atoms in total. The van der Waals surface area contributed by atoms with Gasteiger partial charge < -0.3 is 9.88 Å². The van der Waals surface area contributed by atoms with Crippen LogP contribution in [-0.2, 0) is 19.3 Å². The Labute approximate surface area is 131 Å². The molecule has 2 heterocycles. The first-order chi connectivity index (χ1) is 10.8. The van der Waals surface area contributed by atoms with Crippen molar-refractivity contribution in [1.29, 1.82) is 0 Å². The van der Waals surface area contributed by atoms with E-state index >= 15 is 0 Å². The third-order valence-electron chi connectivity index (χ3n) is 4.89. The molecule has 1 aliphatic rings. The summed E-state index contributed by atoms with van der Waals surface area (Å²) in [5.41, 5.74) is 7.13. The Balaban J connectivity index is 1.87. The van der Waals surface area contributed by atoms with Crippen LogP contribution in [0.5, 0.6) is 0 Å². The molecule has 0 radical (unpaired) electrons. The number of aromatic amines is 1. The van der Waals surface area contributed by atoms with Gasteiger partial charge in [-0.3, -0.25) is 0 Å². The second kappa shape index (κ2) is 5.62. The molecule has 0 fully saturated rings. The summed E-state index contributed by atoms with van der Waals surface area (Å²) in [6.07, 6.45) is 3.28. The minimum Gasteiger partial charge on any atom is -0.358 e. The minimum atomic E-state index is 1.04. The largest absolute Gasteiger partial charge is 0.358 e. The van der Waals surface area contributed by atoms with Crippen molar-refractivity contribution in [2.24, 2.45) is 0 Å². The van der Waals surface area contributed by atoms with Crippen LogP contribution in [0, 0.1) is 0 Å². The van der Waals surface area contributed by atoms with Crippen LogP contribution in [0.4, 0.5) is 0 Å². The molecule has 0 bridgehead atoms. The zero-order chi connectivity index (χ0) is 14.9. The molecule has 1 N–H and O–H groups in total. The molecule has 1 aromatic heterocycles. The van der Waals surface area contributed by atoms with Crippen molar-refractivity contribution in [2.75, 3.05) is 20.1 Å². The molecule has 0 atom stereocenters. The standard InChI is InChI=1S/C20H22N2/c1-22-12-10-15-6-2-3-7-16(15)14-18-17-8-4-5-9-19(17)21-20(18)11-13-22/h2-9,21H,10-14H2,1H3. The lowest BCUT2D eigenvalue weighted by atomic mass is 9.94. The van der Waals surface area contributed by atoms with Gasteiger partial charge in [-0.2, -0.15) is 0 Å². The average Bonchev–Trinajstić information content (AvgIpc) is 2.90. The summed E-state index contributed by atoms with van der Waals surface area (Å²) in [7, 11) is 2.23. The molecule has 112 valence electrons. The predicted octanol–water partition coefficient (Wildman–Crippen LogP) is 3.79. The van der Waals surface area contributed by atoms with E-state index in [0.29, 0.717) is 0 Å². The van der Waals surface area contributed by atoms with Crippen molar-refractivity contribution >= 4 is 10.9 Å². The number of rotatable bonds is 0. The van der Waals surface area contributed by atoms with Gasteiger partial charge in [-0.25, -0.2) is 0 Å². The molecular weight excluding hydrogens is 268 g/mol. The van der Waals surface area contributed by atoms with E-state index in [0.717, 1.165) is 32.4 Å². The fraction of sp³-hybridized carbons (Fsp3) is 0.300. The quantitative estimate of drug-likeness (QED) is 0.667. The number of hydrogen-bond donors (Lipinski definition) is 1. The number of fused-ring (bicyclic) bond motifs is 4. The second-order valence-electron chi connectivity index (χ2n) is 6.38. The first-order valence-electron chi connectivity index (χ1n) is 8.15. The molecule has 0 unspecified atom stereocenters.